The minimum absolute atomic E-state index is 0.0317. The summed E-state index contributed by atoms with van der Waals surface area (Å²) in [5.74, 6) is 1.27. The molecule has 0 aliphatic heterocycles. The molecule has 1 nitrogen and oxygen atoms in total. The summed E-state index contributed by atoms with van der Waals surface area (Å²) in [4.78, 5) is 0. The first-order valence-corrected chi connectivity index (χ1v) is 5.06. The van der Waals surface area contributed by atoms with Gasteiger partial charge in [-0.2, -0.15) is 5.26 Å². The Morgan fingerprint density at radius 1 is 1.58 bits per heavy atom. The molecule has 1 aliphatic rings. The monoisotopic (exact) mass is 165 g/mol. The van der Waals surface area contributed by atoms with Gasteiger partial charge in [-0.1, -0.05) is 20.3 Å². The summed E-state index contributed by atoms with van der Waals surface area (Å²) in [5.41, 5.74) is -0.0317. The van der Waals surface area contributed by atoms with Gasteiger partial charge in [0.15, 0.2) is 0 Å². The van der Waals surface area contributed by atoms with Crippen molar-refractivity contribution in [3.8, 4) is 6.07 Å². The predicted octanol–water partition coefficient (Wildman–Crippen LogP) is 3.36. The highest BCUT2D eigenvalue weighted by Crippen LogP contribution is 2.50. The zero-order valence-corrected chi connectivity index (χ0v) is 8.43. The fraction of sp³-hybridized carbons (Fsp3) is 0.909. The summed E-state index contributed by atoms with van der Waals surface area (Å²) in [6.45, 7) is 6.57. The van der Waals surface area contributed by atoms with Crippen molar-refractivity contribution in [3.05, 3.63) is 0 Å². The maximum absolute atomic E-state index is 9.14. The molecule has 1 saturated carbocycles. The van der Waals surface area contributed by atoms with Crippen LogP contribution in [0.25, 0.3) is 0 Å². The molecule has 68 valence electrons. The van der Waals surface area contributed by atoms with Crippen LogP contribution in [0.1, 0.15) is 46.5 Å². The zero-order valence-electron chi connectivity index (χ0n) is 8.43. The number of nitriles is 1. The van der Waals surface area contributed by atoms with Gasteiger partial charge >= 0.3 is 0 Å². The molecule has 0 radical (unpaired) electrons. The van der Waals surface area contributed by atoms with Crippen molar-refractivity contribution in [2.24, 2.45) is 17.3 Å². The molecule has 0 aromatic carbocycles. The molecule has 1 aliphatic carbocycles. The van der Waals surface area contributed by atoms with Gasteiger partial charge < -0.3 is 0 Å². The molecule has 0 N–H and O–H groups in total. The Morgan fingerprint density at radius 3 is 2.50 bits per heavy atom. The molecule has 0 heterocycles. The van der Waals surface area contributed by atoms with Gasteiger partial charge in [0.05, 0.1) is 11.5 Å². The third-order valence-corrected chi connectivity index (χ3v) is 3.41. The molecule has 0 spiro atoms. The predicted molar refractivity (Wildman–Crippen MR) is 50.5 cm³/mol. The maximum atomic E-state index is 9.14. The lowest BCUT2D eigenvalue weighted by Gasteiger charge is -2.28. The van der Waals surface area contributed by atoms with Gasteiger partial charge in [0, 0.05) is 0 Å². The minimum atomic E-state index is -0.0317. The van der Waals surface area contributed by atoms with Crippen LogP contribution in [0, 0.1) is 28.6 Å². The second-order valence-corrected chi connectivity index (χ2v) is 4.36. The lowest BCUT2D eigenvalue weighted by atomic mass is 9.73. The van der Waals surface area contributed by atoms with Crippen molar-refractivity contribution in [1.29, 1.82) is 5.26 Å². The third kappa shape index (κ3) is 1.63. The summed E-state index contributed by atoms with van der Waals surface area (Å²) >= 11 is 0. The van der Waals surface area contributed by atoms with Gasteiger partial charge in [-0.15, -0.1) is 0 Å². The van der Waals surface area contributed by atoms with E-state index in [1.54, 1.807) is 0 Å². The van der Waals surface area contributed by atoms with Crippen LogP contribution in [0.2, 0.25) is 0 Å². The molecule has 0 aromatic rings. The van der Waals surface area contributed by atoms with Gasteiger partial charge in [-0.05, 0) is 38.0 Å². The Balaban J connectivity index is 2.59. The van der Waals surface area contributed by atoms with E-state index < -0.39 is 0 Å². The molecule has 1 unspecified atom stereocenters. The smallest absolute Gasteiger partial charge is 0.0692 e. The molecule has 1 fully saturated rings. The van der Waals surface area contributed by atoms with E-state index in [4.69, 9.17) is 5.26 Å². The standard InChI is InChI=1S/C11H19N/c1-4-5-9(2)11(3,8-12)10-6-7-10/h9-10H,4-7H2,1-3H3/t9?,11-/m1/s1. The van der Waals surface area contributed by atoms with E-state index in [-0.39, 0.29) is 5.41 Å². The average Bonchev–Trinajstić information content (AvgIpc) is 2.86. The van der Waals surface area contributed by atoms with Crippen molar-refractivity contribution in [2.45, 2.75) is 46.5 Å². The summed E-state index contributed by atoms with van der Waals surface area (Å²) in [6.07, 6.45) is 4.95. The highest BCUT2D eigenvalue weighted by molar-refractivity contribution is 5.07. The van der Waals surface area contributed by atoms with Crippen LogP contribution >= 0.6 is 0 Å². The van der Waals surface area contributed by atoms with Crippen molar-refractivity contribution in [3.63, 3.8) is 0 Å². The molecular formula is C11H19N. The van der Waals surface area contributed by atoms with Gasteiger partial charge in [0.1, 0.15) is 0 Å². The van der Waals surface area contributed by atoms with E-state index in [1.165, 1.54) is 25.7 Å². The van der Waals surface area contributed by atoms with Crippen LogP contribution in [0.3, 0.4) is 0 Å². The number of nitrogens with zero attached hydrogens (tertiary/aromatic N) is 1. The largest absolute Gasteiger partial charge is 0.198 e. The van der Waals surface area contributed by atoms with Crippen molar-refractivity contribution < 1.29 is 0 Å². The molecule has 0 amide bonds. The van der Waals surface area contributed by atoms with E-state index in [1.807, 2.05) is 0 Å². The van der Waals surface area contributed by atoms with Crippen LogP contribution in [-0.2, 0) is 0 Å². The van der Waals surface area contributed by atoms with Gasteiger partial charge in [0.25, 0.3) is 0 Å². The fourth-order valence-electron chi connectivity index (χ4n) is 2.02. The fourth-order valence-corrected chi connectivity index (χ4v) is 2.02. The summed E-state index contributed by atoms with van der Waals surface area (Å²) < 4.78 is 0. The molecule has 12 heavy (non-hydrogen) atoms. The first-order chi connectivity index (χ1) is 5.65. The zero-order chi connectivity index (χ0) is 9.19. The van der Waals surface area contributed by atoms with Gasteiger partial charge in [-0.3, -0.25) is 0 Å². The highest BCUT2D eigenvalue weighted by Gasteiger charge is 2.44. The Morgan fingerprint density at radius 2 is 2.17 bits per heavy atom. The molecular weight excluding hydrogens is 146 g/mol. The first-order valence-electron chi connectivity index (χ1n) is 5.06. The maximum Gasteiger partial charge on any atom is 0.0692 e. The minimum Gasteiger partial charge on any atom is -0.198 e. The normalized spacial score (nSPS) is 24.2. The van der Waals surface area contributed by atoms with Crippen molar-refractivity contribution in [2.75, 3.05) is 0 Å². The SMILES string of the molecule is CCCC(C)[C@@](C)(C#N)C1CC1. The Kier molecular flexibility index (Phi) is 2.77. The molecule has 1 rings (SSSR count). The topological polar surface area (TPSA) is 23.8 Å². The Labute approximate surface area is 75.8 Å². The van der Waals surface area contributed by atoms with Crippen LogP contribution < -0.4 is 0 Å². The van der Waals surface area contributed by atoms with Crippen molar-refractivity contribution in [1.82, 2.24) is 0 Å². The summed E-state index contributed by atoms with van der Waals surface area (Å²) in [5, 5.41) is 9.14. The first kappa shape index (κ1) is 9.58. The summed E-state index contributed by atoms with van der Waals surface area (Å²) in [7, 11) is 0. The Hall–Kier alpha value is -0.510. The second-order valence-electron chi connectivity index (χ2n) is 4.36. The van der Waals surface area contributed by atoms with Crippen LogP contribution in [-0.4, -0.2) is 0 Å². The van der Waals surface area contributed by atoms with E-state index in [9.17, 15) is 0 Å². The molecule has 2 atom stereocenters. The lowest BCUT2D eigenvalue weighted by Crippen LogP contribution is -2.25. The number of hydrogen-bond donors (Lipinski definition) is 0. The second kappa shape index (κ2) is 3.47. The van der Waals surface area contributed by atoms with E-state index in [0.717, 1.165) is 0 Å². The molecule has 1 heteroatoms. The van der Waals surface area contributed by atoms with E-state index in [0.29, 0.717) is 11.8 Å². The molecule has 0 bridgehead atoms. The third-order valence-electron chi connectivity index (χ3n) is 3.41. The highest BCUT2D eigenvalue weighted by atomic mass is 14.5. The van der Waals surface area contributed by atoms with Crippen LogP contribution in [0.5, 0.6) is 0 Å². The van der Waals surface area contributed by atoms with Gasteiger partial charge in [0.2, 0.25) is 0 Å². The Bertz CT molecular complexity index is 188. The number of hydrogen-bond acceptors (Lipinski definition) is 1. The van der Waals surface area contributed by atoms with E-state index >= 15 is 0 Å². The number of rotatable bonds is 4. The molecule has 0 aromatic heterocycles. The summed E-state index contributed by atoms with van der Waals surface area (Å²) in [6, 6.07) is 2.52. The quantitative estimate of drug-likeness (QED) is 0.626. The van der Waals surface area contributed by atoms with Gasteiger partial charge in [-0.25, -0.2) is 0 Å². The van der Waals surface area contributed by atoms with Crippen LogP contribution in [0.4, 0.5) is 0 Å². The molecule has 0 saturated heterocycles. The van der Waals surface area contributed by atoms with E-state index in [2.05, 4.69) is 26.8 Å². The van der Waals surface area contributed by atoms with Crippen LogP contribution in [0.15, 0.2) is 0 Å². The lowest BCUT2D eigenvalue weighted by molar-refractivity contribution is 0.231. The van der Waals surface area contributed by atoms with Crippen molar-refractivity contribution >= 4 is 0 Å². The average molecular weight is 165 g/mol.